The quantitative estimate of drug-likeness (QED) is 0.745. The van der Waals surface area contributed by atoms with Crippen molar-refractivity contribution in [2.75, 3.05) is 0 Å². The summed E-state index contributed by atoms with van der Waals surface area (Å²) < 4.78 is 0. The van der Waals surface area contributed by atoms with Gasteiger partial charge in [0.1, 0.15) is 0 Å². The monoisotopic (exact) mass is 182 g/mol. The van der Waals surface area contributed by atoms with Gasteiger partial charge in [-0.1, -0.05) is 38.1 Å². The maximum absolute atomic E-state index is 9.78. The van der Waals surface area contributed by atoms with Crippen molar-refractivity contribution in [3.05, 3.63) is 35.4 Å². The molecule has 2 heteroatoms. The molecule has 1 aromatic rings. The third kappa shape index (κ3) is 2.83. The van der Waals surface area contributed by atoms with E-state index in [1.165, 1.54) is 5.56 Å². The van der Waals surface area contributed by atoms with E-state index in [-0.39, 0.29) is 17.5 Å². The molecule has 2 nitrogen and oxygen atoms in total. The van der Waals surface area contributed by atoms with E-state index in [1.807, 2.05) is 45.0 Å². The van der Waals surface area contributed by atoms with E-state index < -0.39 is 0 Å². The molecule has 0 bridgehead atoms. The van der Waals surface area contributed by atoms with Crippen LogP contribution < -0.4 is 0 Å². The zero-order valence-corrected chi connectivity index (χ0v) is 8.41. The number of hydrogen-bond donors (Lipinski definition) is 1. The van der Waals surface area contributed by atoms with E-state index in [0.717, 1.165) is 5.56 Å². The van der Waals surface area contributed by atoms with Gasteiger partial charge in [0, 0.05) is 0 Å². The first-order valence-electron chi connectivity index (χ1n) is 4.36. The Morgan fingerprint density at radius 3 is 2.15 bits per heavy atom. The molecule has 0 aromatic heterocycles. The van der Waals surface area contributed by atoms with Crippen molar-refractivity contribution in [1.82, 2.24) is 0 Å². The Labute approximate surface area is 79.5 Å². The molecular formula is C11H18O2. The summed E-state index contributed by atoms with van der Waals surface area (Å²) in [4.78, 5) is 0. The van der Waals surface area contributed by atoms with Crippen LogP contribution in [0.5, 0.6) is 0 Å². The normalized spacial score (nSPS) is 12.4. The molecular weight excluding hydrogens is 164 g/mol. The Hall–Kier alpha value is -0.860. The minimum absolute atomic E-state index is 0. The van der Waals surface area contributed by atoms with E-state index >= 15 is 0 Å². The molecule has 0 spiro atoms. The Morgan fingerprint density at radius 1 is 1.15 bits per heavy atom. The van der Waals surface area contributed by atoms with Gasteiger partial charge in [0.15, 0.2) is 0 Å². The van der Waals surface area contributed by atoms with E-state index in [2.05, 4.69) is 0 Å². The predicted octanol–water partition coefficient (Wildman–Crippen LogP) is 1.86. The molecule has 0 aliphatic rings. The molecule has 0 saturated carbocycles. The van der Waals surface area contributed by atoms with Gasteiger partial charge >= 0.3 is 0 Å². The summed E-state index contributed by atoms with van der Waals surface area (Å²) in [6, 6.07) is 7.97. The van der Waals surface area contributed by atoms with Crippen molar-refractivity contribution in [3.8, 4) is 0 Å². The molecule has 0 fully saturated rings. The third-order valence-corrected chi connectivity index (χ3v) is 2.14. The number of aryl methyl sites for hydroxylation is 1. The first-order chi connectivity index (χ1) is 5.63. The molecule has 0 saturated heterocycles. The zero-order chi connectivity index (χ0) is 9.14. The van der Waals surface area contributed by atoms with Gasteiger partial charge < -0.3 is 10.6 Å². The van der Waals surface area contributed by atoms with Crippen LogP contribution >= 0.6 is 0 Å². The van der Waals surface area contributed by atoms with Gasteiger partial charge in [0.25, 0.3) is 0 Å². The summed E-state index contributed by atoms with van der Waals surface area (Å²) in [6.45, 7) is 6.08. The van der Waals surface area contributed by atoms with Crippen LogP contribution in [0, 0.1) is 12.8 Å². The molecule has 1 atom stereocenters. The van der Waals surface area contributed by atoms with Crippen LogP contribution in [0.1, 0.15) is 31.1 Å². The Morgan fingerprint density at radius 2 is 1.69 bits per heavy atom. The lowest BCUT2D eigenvalue weighted by molar-refractivity contribution is 0.126. The van der Waals surface area contributed by atoms with Crippen molar-refractivity contribution in [2.45, 2.75) is 26.9 Å². The Bertz CT molecular complexity index is 256. The maximum atomic E-state index is 9.78. The number of hydrogen-bond acceptors (Lipinski definition) is 1. The van der Waals surface area contributed by atoms with Gasteiger partial charge in [-0.2, -0.15) is 0 Å². The predicted molar refractivity (Wildman–Crippen MR) is 54.6 cm³/mol. The van der Waals surface area contributed by atoms with Crippen LogP contribution in [0.25, 0.3) is 0 Å². The van der Waals surface area contributed by atoms with Gasteiger partial charge in [-0.3, -0.25) is 0 Å². The van der Waals surface area contributed by atoms with Gasteiger partial charge in [-0.25, -0.2) is 0 Å². The molecule has 3 N–H and O–H groups in total. The highest BCUT2D eigenvalue weighted by molar-refractivity contribution is 5.27. The number of benzene rings is 1. The second-order valence-corrected chi connectivity index (χ2v) is 3.55. The molecule has 0 aliphatic heterocycles. The third-order valence-electron chi connectivity index (χ3n) is 2.14. The molecule has 1 rings (SSSR count). The summed E-state index contributed by atoms with van der Waals surface area (Å²) in [5.41, 5.74) is 2.21. The van der Waals surface area contributed by atoms with Gasteiger partial charge in [-0.15, -0.1) is 0 Å². The molecule has 0 aliphatic carbocycles. The second kappa shape index (κ2) is 5.00. The molecule has 13 heavy (non-hydrogen) atoms. The zero-order valence-electron chi connectivity index (χ0n) is 8.41. The topological polar surface area (TPSA) is 51.7 Å². The summed E-state index contributed by atoms with van der Waals surface area (Å²) in [7, 11) is 0. The van der Waals surface area contributed by atoms with Crippen LogP contribution in [0.15, 0.2) is 24.3 Å². The van der Waals surface area contributed by atoms with Crippen molar-refractivity contribution in [2.24, 2.45) is 5.92 Å². The lowest BCUT2D eigenvalue weighted by Crippen LogP contribution is -2.06. The average molecular weight is 182 g/mol. The molecule has 74 valence electrons. The second-order valence-electron chi connectivity index (χ2n) is 3.55. The van der Waals surface area contributed by atoms with Gasteiger partial charge in [-0.05, 0) is 24.0 Å². The van der Waals surface area contributed by atoms with Crippen molar-refractivity contribution in [3.63, 3.8) is 0 Å². The lowest BCUT2D eigenvalue weighted by atomic mass is 9.96. The SMILES string of the molecule is Cc1ccccc1C(O)C(C)C.O. The fourth-order valence-corrected chi connectivity index (χ4v) is 1.28. The Balaban J connectivity index is 0.00000144. The fourth-order valence-electron chi connectivity index (χ4n) is 1.28. The highest BCUT2D eigenvalue weighted by Gasteiger charge is 2.12. The molecule has 0 amide bonds. The highest BCUT2D eigenvalue weighted by Crippen LogP contribution is 2.23. The summed E-state index contributed by atoms with van der Waals surface area (Å²) >= 11 is 0. The maximum Gasteiger partial charge on any atom is 0.0815 e. The smallest absolute Gasteiger partial charge is 0.0815 e. The van der Waals surface area contributed by atoms with Gasteiger partial charge in [0.2, 0.25) is 0 Å². The van der Waals surface area contributed by atoms with E-state index in [4.69, 9.17) is 0 Å². The van der Waals surface area contributed by atoms with E-state index in [9.17, 15) is 5.11 Å². The van der Waals surface area contributed by atoms with E-state index in [0.29, 0.717) is 0 Å². The lowest BCUT2D eigenvalue weighted by Gasteiger charge is -2.16. The summed E-state index contributed by atoms with van der Waals surface area (Å²) in [6.07, 6.45) is -0.328. The van der Waals surface area contributed by atoms with Crippen LogP contribution in [-0.2, 0) is 0 Å². The fraction of sp³-hybridized carbons (Fsp3) is 0.455. The first-order valence-corrected chi connectivity index (χ1v) is 4.36. The largest absolute Gasteiger partial charge is 0.412 e. The first kappa shape index (κ1) is 12.1. The summed E-state index contributed by atoms with van der Waals surface area (Å²) in [5.74, 6) is 0.283. The standard InChI is InChI=1S/C11H16O.H2O/c1-8(2)11(12)10-7-5-4-6-9(10)3;/h4-8,11-12H,1-3H3;1H2. The van der Waals surface area contributed by atoms with Crippen LogP contribution in [-0.4, -0.2) is 10.6 Å². The van der Waals surface area contributed by atoms with Crippen molar-refractivity contribution in [1.29, 1.82) is 0 Å². The summed E-state index contributed by atoms with van der Waals surface area (Å²) in [5, 5.41) is 9.78. The Kier molecular flexibility index (Phi) is 4.67. The number of aliphatic hydroxyl groups is 1. The van der Waals surface area contributed by atoms with Crippen LogP contribution in [0.3, 0.4) is 0 Å². The van der Waals surface area contributed by atoms with Crippen molar-refractivity contribution >= 4 is 0 Å². The van der Waals surface area contributed by atoms with E-state index in [1.54, 1.807) is 0 Å². The van der Waals surface area contributed by atoms with Gasteiger partial charge in [0.05, 0.1) is 6.10 Å². The minimum Gasteiger partial charge on any atom is -0.412 e. The van der Waals surface area contributed by atoms with Crippen LogP contribution in [0.2, 0.25) is 0 Å². The van der Waals surface area contributed by atoms with Crippen LogP contribution in [0.4, 0.5) is 0 Å². The highest BCUT2D eigenvalue weighted by atomic mass is 16.3. The average Bonchev–Trinajstić information content (AvgIpc) is 2.04. The number of aliphatic hydroxyl groups excluding tert-OH is 1. The molecule has 1 aromatic carbocycles. The minimum atomic E-state index is -0.328. The molecule has 1 unspecified atom stereocenters. The molecule has 0 radical (unpaired) electrons. The molecule has 0 heterocycles. The van der Waals surface area contributed by atoms with Crippen molar-refractivity contribution < 1.29 is 10.6 Å². The number of rotatable bonds is 2.